The molecule has 1 aromatic rings. The number of nitrogens with zero attached hydrogens (tertiary/aromatic N) is 3. The molecule has 0 radical (unpaired) electrons. The van der Waals surface area contributed by atoms with E-state index in [1.54, 1.807) is 6.07 Å². The van der Waals surface area contributed by atoms with Gasteiger partial charge < -0.3 is 14.7 Å². The Hall–Kier alpha value is -1.85. The number of aliphatic carboxylic acids is 1. The highest BCUT2D eigenvalue weighted by molar-refractivity contribution is 5.79. The van der Waals surface area contributed by atoms with Crippen molar-refractivity contribution in [1.82, 2.24) is 9.97 Å². The molecule has 6 nitrogen and oxygen atoms in total. The van der Waals surface area contributed by atoms with Crippen molar-refractivity contribution in [3.63, 3.8) is 0 Å². The van der Waals surface area contributed by atoms with Crippen molar-refractivity contribution in [1.29, 1.82) is 0 Å². The first kappa shape index (κ1) is 13.6. The first-order valence-corrected chi connectivity index (χ1v) is 6.57. The summed E-state index contributed by atoms with van der Waals surface area (Å²) in [6, 6.07) is 1.19. The second-order valence-corrected chi connectivity index (χ2v) is 4.81. The van der Waals surface area contributed by atoms with Crippen LogP contribution < -0.4 is 9.64 Å². The lowest BCUT2D eigenvalue weighted by atomic mass is 10.0. The molecule has 1 saturated heterocycles. The molecule has 0 saturated carbocycles. The Balaban J connectivity index is 2.19. The number of carbonyl (C=O) groups is 1. The van der Waals surface area contributed by atoms with Crippen LogP contribution in [0.1, 0.15) is 26.7 Å². The molecule has 0 aromatic carbocycles. The van der Waals surface area contributed by atoms with Crippen LogP contribution in [0.15, 0.2) is 12.4 Å². The van der Waals surface area contributed by atoms with Gasteiger partial charge in [0.15, 0.2) is 0 Å². The molecule has 1 aliphatic rings. The van der Waals surface area contributed by atoms with Crippen molar-refractivity contribution in [2.45, 2.75) is 32.7 Å². The van der Waals surface area contributed by atoms with Gasteiger partial charge in [0.05, 0.1) is 6.61 Å². The number of carboxylic acids is 1. The van der Waals surface area contributed by atoms with E-state index >= 15 is 0 Å². The molecule has 19 heavy (non-hydrogen) atoms. The fourth-order valence-electron chi connectivity index (χ4n) is 2.35. The van der Waals surface area contributed by atoms with Crippen molar-refractivity contribution in [2.24, 2.45) is 5.92 Å². The molecule has 2 unspecified atom stereocenters. The van der Waals surface area contributed by atoms with Gasteiger partial charge in [-0.15, -0.1) is 0 Å². The van der Waals surface area contributed by atoms with Crippen molar-refractivity contribution in [2.75, 3.05) is 18.1 Å². The van der Waals surface area contributed by atoms with Gasteiger partial charge in [-0.05, 0) is 18.8 Å². The molecular weight excluding hydrogens is 246 g/mol. The summed E-state index contributed by atoms with van der Waals surface area (Å²) in [6.07, 6.45) is 3.17. The smallest absolute Gasteiger partial charge is 0.326 e. The van der Waals surface area contributed by atoms with E-state index in [0.717, 1.165) is 12.8 Å². The third-order valence-corrected chi connectivity index (χ3v) is 3.33. The average Bonchev–Trinajstić information content (AvgIpc) is 2.79. The summed E-state index contributed by atoms with van der Waals surface area (Å²) in [7, 11) is 0. The van der Waals surface area contributed by atoms with Gasteiger partial charge in [0, 0.05) is 12.6 Å². The summed E-state index contributed by atoms with van der Waals surface area (Å²) in [5.74, 6) is 0.431. The van der Waals surface area contributed by atoms with E-state index in [0.29, 0.717) is 24.8 Å². The predicted molar refractivity (Wildman–Crippen MR) is 70.4 cm³/mol. The van der Waals surface area contributed by atoms with Crippen molar-refractivity contribution < 1.29 is 14.6 Å². The molecule has 1 aromatic heterocycles. The molecule has 0 spiro atoms. The lowest BCUT2D eigenvalue weighted by Gasteiger charge is -2.24. The van der Waals surface area contributed by atoms with Crippen LogP contribution >= 0.6 is 0 Å². The largest absolute Gasteiger partial charge is 0.480 e. The van der Waals surface area contributed by atoms with Gasteiger partial charge in [-0.3, -0.25) is 0 Å². The molecule has 0 amide bonds. The van der Waals surface area contributed by atoms with Gasteiger partial charge in [0.1, 0.15) is 18.2 Å². The SMILES string of the molecule is CCCOc1cc(N2CCC(C)C2C(=O)O)ncn1. The third kappa shape index (κ3) is 2.94. The lowest BCUT2D eigenvalue weighted by Crippen LogP contribution is -2.39. The Kier molecular flexibility index (Phi) is 4.19. The maximum atomic E-state index is 11.3. The minimum Gasteiger partial charge on any atom is -0.480 e. The number of rotatable bonds is 5. The van der Waals surface area contributed by atoms with E-state index in [1.165, 1.54) is 6.33 Å². The standard InChI is InChI=1S/C13H19N3O3/c1-3-6-19-11-7-10(14-8-15-11)16-5-4-9(2)12(16)13(17)18/h7-9,12H,3-6H2,1-2H3,(H,17,18). The summed E-state index contributed by atoms with van der Waals surface area (Å²) in [5, 5.41) is 9.31. The Bertz CT molecular complexity index is 453. The monoisotopic (exact) mass is 265 g/mol. The zero-order chi connectivity index (χ0) is 13.8. The summed E-state index contributed by atoms with van der Waals surface area (Å²) in [6.45, 7) is 5.26. The summed E-state index contributed by atoms with van der Waals surface area (Å²) in [4.78, 5) is 21.3. The van der Waals surface area contributed by atoms with E-state index < -0.39 is 12.0 Å². The van der Waals surface area contributed by atoms with Crippen molar-refractivity contribution >= 4 is 11.8 Å². The van der Waals surface area contributed by atoms with Crippen LogP contribution in [0.5, 0.6) is 5.88 Å². The minimum absolute atomic E-state index is 0.118. The van der Waals surface area contributed by atoms with E-state index in [-0.39, 0.29) is 5.92 Å². The predicted octanol–water partition coefficient (Wildman–Crippen LogP) is 1.56. The lowest BCUT2D eigenvalue weighted by molar-refractivity contribution is -0.139. The van der Waals surface area contributed by atoms with Crippen LogP contribution in [0.3, 0.4) is 0 Å². The molecule has 6 heteroatoms. The van der Waals surface area contributed by atoms with Gasteiger partial charge in [0.25, 0.3) is 0 Å². The van der Waals surface area contributed by atoms with Crippen LogP contribution in [0, 0.1) is 5.92 Å². The Morgan fingerprint density at radius 2 is 2.37 bits per heavy atom. The summed E-state index contributed by atoms with van der Waals surface area (Å²) >= 11 is 0. The maximum absolute atomic E-state index is 11.3. The van der Waals surface area contributed by atoms with Gasteiger partial charge >= 0.3 is 5.97 Å². The van der Waals surface area contributed by atoms with Gasteiger partial charge in [-0.1, -0.05) is 13.8 Å². The molecule has 1 N–H and O–H groups in total. The van der Waals surface area contributed by atoms with Crippen molar-refractivity contribution in [3.05, 3.63) is 12.4 Å². The first-order chi connectivity index (χ1) is 9.13. The van der Waals surface area contributed by atoms with E-state index in [1.807, 2.05) is 18.7 Å². The van der Waals surface area contributed by atoms with Crippen LogP contribution in [0.2, 0.25) is 0 Å². The molecule has 2 heterocycles. The highest BCUT2D eigenvalue weighted by Gasteiger charge is 2.37. The minimum atomic E-state index is -0.806. The van der Waals surface area contributed by atoms with Gasteiger partial charge in [-0.2, -0.15) is 0 Å². The third-order valence-electron chi connectivity index (χ3n) is 3.33. The quantitative estimate of drug-likeness (QED) is 0.870. The highest BCUT2D eigenvalue weighted by atomic mass is 16.5. The van der Waals surface area contributed by atoms with Gasteiger partial charge in [-0.25, -0.2) is 14.8 Å². The second-order valence-electron chi connectivity index (χ2n) is 4.81. The molecule has 1 fully saturated rings. The molecule has 2 rings (SSSR count). The summed E-state index contributed by atoms with van der Waals surface area (Å²) < 4.78 is 5.45. The molecule has 0 bridgehead atoms. The van der Waals surface area contributed by atoms with Crippen LogP contribution in [0.4, 0.5) is 5.82 Å². The molecule has 104 valence electrons. The fraction of sp³-hybridized carbons (Fsp3) is 0.615. The number of carboxylic acid groups (broad SMARTS) is 1. The van der Waals surface area contributed by atoms with E-state index in [2.05, 4.69) is 9.97 Å². The summed E-state index contributed by atoms with van der Waals surface area (Å²) in [5.41, 5.74) is 0. The number of ether oxygens (including phenoxy) is 1. The zero-order valence-corrected chi connectivity index (χ0v) is 11.2. The molecule has 1 aliphatic heterocycles. The topological polar surface area (TPSA) is 75.5 Å². The van der Waals surface area contributed by atoms with Gasteiger partial charge in [0.2, 0.25) is 5.88 Å². The molecular formula is C13H19N3O3. The normalized spacial score (nSPS) is 22.5. The Morgan fingerprint density at radius 3 is 3.05 bits per heavy atom. The number of hydrogen-bond acceptors (Lipinski definition) is 5. The van der Waals surface area contributed by atoms with Crippen LogP contribution in [-0.4, -0.2) is 40.2 Å². The van der Waals surface area contributed by atoms with Crippen LogP contribution in [0.25, 0.3) is 0 Å². The number of hydrogen-bond donors (Lipinski definition) is 1. The maximum Gasteiger partial charge on any atom is 0.326 e. The highest BCUT2D eigenvalue weighted by Crippen LogP contribution is 2.29. The zero-order valence-electron chi connectivity index (χ0n) is 11.2. The Morgan fingerprint density at radius 1 is 1.58 bits per heavy atom. The number of aromatic nitrogens is 2. The second kappa shape index (κ2) is 5.86. The fourth-order valence-corrected chi connectivity index (χ4v) is 2.35. The van der Waals surface area contributed by atoms with E-state index in [4.69, 9.17) is 4.74 Å². The average molecular weight is 265 g/mol. The van der Waals surface area contributed by atoms with E-state index in [9.17, 15) is 9.90 Å². The molecule has 2 atom stereocenters. The Labute approximate surface area is 112 Å². The van der Waals surface area contributed by atoms with Crippen molar-refractivity contribution in [3.8, 4) is 5.88 Å². The van der Waals surface area contributed by atoms with Crippen LogP contribution in [-0.2, 0) is 4.79 Å². The first-order valence-electron chi connectivity index (χ1n) is 6.57. The molecule has 0 aliphatic carbocycles. The number of anilines is 1.